The molecule has 1 aromatic heterocycles. The molecule has 0 amide bonds. The molecule has 1 aromatic carbocycles. The second kappa shape index (κ2) is 8.07. The van der Waals surface area contributed by atoms with E-state index in [2.05, 4.69) is 36.1 Å². The van der Waals surface area contributed by atoms with Gasteiger partial charge in [-0.1, -0.05) is 51.2 Å². The van der Waals surface area contributed by atoms with Crippen molar-refractivity contribution in [2.45, 2.75) is 64.3 Å². The average molecular weight is 317 g/mol. The Kier molecular flexibility index (Phi) is 5.85. The van der Waals surface area contributed by atoms with Crippen molar-refractivity contribution in [3.05, 3.63) is 29.3 Å². The van der Waals surface area contributed by atoms with Crippen LogP contribution in [0.1, 0.15) is 69.3 Å². The number of para-hydroxylation sites is 1. The zero-order valence-corrected chi connectivity index (χ0v) is 14.6. The summed E-state index contributed by atoms with van der Waals surface area (Å²) in [4.78, 5) is 7.63. The van der Waals surface area contributed by atoms with Crippen molar-refractivity contribution in [3.8, 4) is 0 Å². The van der Waals surface area contributed by atoms with Gasteiger partial charge in [0.25, 0.3) is 0 Å². The summed E-state index contributed by atoms with van der Waals surface area (Å²) in [5.74, 6) is 0. The summed E-state index contributed by atoms with van der Waals surface area (Å²) in [5.41, 5.74) is 1.18. The standard InChI is InChI=1S/C19H28N2S/c1-2-3-4-5-6-12-17(21-14-9-10-15-21)19-20-16-11-7-8-13-18(16)22-19/h7-8,11,13,17H,2-6,9-10,12,14-15H2,1H3/t17-/m1/s1. The van der Waals surface area contributed by atoms with Crippen molar-refractivity contribution >= 4 is 21.6 Å². The lowest BCUT2D eigenvalue weighted by Crippen LogP contribution is -2.25. The van der Waals surface area contributed by atoms with Gasteiger partial charge >= 0.3 is 0 Å². The Morgan fingerprint density at radius 2 is 1.86 bits per heavy atom. The summed E-state index contributed by atoms with van der Waals surface area (Å²) in [7, 11) is 0. The van der Waals surface area contributed by atoms with Crippen LogP contribution in [-0.2, 0) is 0 Å². The van der Waals surface area contributed by atoms with Crippen LogP contribution in [0.25, 0.3) is 10.2 Å². The van der Waals surface area contributed by atoms with Gasteiger partial charge in [-0.15, -0.1) is 11.3 Å². The van der Waals surface area contributed by atoms with Crippen molar-refractivity contribution in [1.82, 2.24) is 9.88 Å². The number of rotatable bonds is 8. The van der Waals surface area contributed by atoms with E-state index >= 15 is 0 Å². The minimum absolute atomic E-state index is 0.557. The molecule has 1 atom stereocenters. The first kappa shape index (κ1) is 15.9. The van der Waals surface area contributed by atoms with Gasteiger partial charge in [-0.2, -0.15) is 0 Å². The van der Waals surface area contributed by atoms with Gasteiger partial charge in [-0.25, -0.2) is 4.98 Å². The third kappa shape index (κ3) is 3.88. The lowest BCUT2D eigenvalue weighted by atomic mass is 10.1. The van der Waals surface area contributed by atoms with Gasteiger partial charge in [0.1, 0.15) is 5.01 Å². The Labute approximate surface area is 138 Å². The predicted molar refractivity (Wildman–Crippen MR) is 96.5 cm³/mol. The number of thiazole rings is 1. The fourth-order valence-electron chi connectivity index (χ4n) is 3.49. The Hall–Kier alpha value is -0.930. The van der Waals surface area contributed by atoms with E-state index in [0.29, 0.717) is 6.04 Å². The molecule has 0 aliphatic carbocycles. The predicted octanol–water partition coefficient (Wildman–Crippen LogP) is 5.79. The topological polar surface area (TPSA) is 16.1 Å². The molecule has 3 heteroatoms. The number of benzene rings is 1. The fourth-order valence-corrected chi connectivity index (χ4v) is 4.63. The van der Waals surface area contributed by atoms with Crippen LogP contribution in [0, 0.1) is 0 Å². The van der Waals surface area contributed by atoms with Crippen molar-refractivity contribution < 1.29 is 0 Å². The largest absolute Gasteiger partial charge is 0.294 e. The summed E-state index contributed by atoms with van der Waals surface area (Å²) in [6.07, 6.45) is 10.8. The lowest BCUT2D eigenvalue weighted by molar-refractivity contribution is 0.228. The summed E-state index contributed by atoms with van der Waals surface area (Å²) in [5, 5.41) is 1.35. The lowest BCUT2D eigenvalue weighted by Gasteiger charge is -2.25. The Balaban J connectivity index is 1.69. The molecule has 0 spiro atoms. The molecule has 0 saturated carbocycles. The van der Waals surface area contributed by atoms with Gasteiger partial charge in [0.2, 0.25) is 0 Å². The minimum Gasteiger partial charge on any atom is -0.294 e. The zero-order valence-electron chi connectivity index (χ0n) is 13.8. The number of likely N-dealkylation sites (tertiary alicyclic amines) is 1. The molecule has 2 aromatic rings. The van der Waals surface area contributed by atoms with E-state index in [1.54, 1.807) is 0 Å². The molecule has 1 aliphatic rings. The van der Waals surface area contributed by atoms with E-state index in [-0.39, 0.29) is 0 Å². The number of hydrogen-bond donors (Lipinski definition) is 0. The first-order valence-electron chi connectivity index (χ1n) is 8.98. The first-order valence-corrected chi connectivity index (χ1v) is 9.79. The van der Waals surface area contributed by atoms with Crippen molar-refractivity contribution in [2.75, 3.05) is 13.1 Å². The smallest absolute Gasteiger partial charge is 0.111 e. The molecule has 0 radical (unpaired) electrons. The molecule has 1 saturated heterocycles. The van der Waals surface area contributed by atoms with Crippen molar-refractivity contribution in [1.29, 1.82) is 0 Å². The highest BCUT2D eigenvalue weighted by Crippen LogP contribution is 2.34. The van der Waals surface area contributed by atoms with Gasteiger partial charge in [0, 0.05) is 0 Å². The van der Waals surface area contributed by atoms with E-state index in [9.17, 15) is 0 Å². The minimum atomic E-state index is 0.557. The molecule has 0 unspecified atom stereocenters. The summed E-state index contributed by atoms with van der Waals surface area (Å²) in [6.45, 7) is 4.80. The number of fused-ring (bicyclic) bond motifs is 1. The van der Waals surface area contributed by atoms with Gasteiger partial charge in [-0.3, -0.25) is 4.90 Å². The molecule has 120 valence electrons. The van der Waals surface area contributed by atoms with Crippen LogP contribution in [0.2, 0.25) is 0 Å². The van der Waals surface area contributed by atoms with E-state index in [0.717, 1.165) is 0 Å². The van der Waals surface area contributed by atoms with E-state index in [1.165, 1.54) is 79.7 Å². The van der Waals surface area contributed by atoms with Crippen LogP contribution < -0.4 is 0 Å². The number of unbranched alkanes of at least 4 members (excludes halogenated alkanes) is 4. The third-order valence-electron chi connectivity index (χ3n) is 4.76. The van der Waals surface area contributed by atoms with Crippen LogP contribution in [0.5, 0.6) is 0 Å². The molecular weight excluding hydrogens is 288 g/mol. The van der Waals surface area contributed by atoms with Crippen molar-refractivity contribution in [2.24, 2.45) is 0 Å². The summed E-state index contributed by atoms with van der Waals surface area (Å²) in [6, 6.07) is 9.14. The maximum absolute atomic E-state index is 4.95. The maximum Gasteiger partial charge on any atom is 0.111 e. The Morgan fingerprint density at radius 1 is 1.09 bits per heavy atom. The SMILES string of the molecule is CCCCCCC[C@H](c1nc2ccccc2s1)N1CCCC1. The highest BCUT2D eigenvalue weighted by Gasteiger charge is 2.25. The molecule has 0 N–H and O–H groups in total. The number of hydrogen-bond acceptors (Lipinski definition) is 3. The third-order valence-corrected chi connectivity index (χ3v) is 5.90. The molecule has 1 aliphatic heterocycles. The molecule has 22 heavy (non-hydrogen) atoms. The molecule has 3 rings (SSSR count). The van der Waals surface area contributed by atoms with Crippen molar-refractivity contribution in [3.63, 3.8) is 0 Å². The molecular formula is C19H28N2S. The van der Waals surface area contributed by atoms with Gasteiger partial charge in [0.15, 0.2) is 0 Å². The second-order valence-corrected chi connectivity index (χ2v) is 7.54. The summed E-state index contributed by atoms with van der Waals surface area (Å²) >= 11 is 1.91. The monoisotopic (exact) mass is 316 g/mol. The Bertz CT molecular complexity index is 539. The average Bonchev–Trinajstić information content (AvgIpc) is 3.20. The quantitative estimate of drug-likeness (QED) is 0.573. The molecule has 0 bridgehead atoms. The first-order chi connectivity index (χ1) is 10.9. The molecule has 1 fully saturated rings. The molecule has 2 heterocycles. The van der Waals surface area contributed by atoms with Crippen LogP contribution in [0.4, 0.5) is 0 Å². The number of aromatic nitrogens is 1. The van der Waals surface area contributed by atoms with Crippen LogP contribution in [0.15, 0.2) is 24.3 Å². The van der Waals surface area contributed by atoms with Gasteiger partial charge in [-0.05, 0) is 44.5 Å². The van der Waals surface area contributed by atoms with Gasteiger partial charge < -0.3 is 0 Å². The normalized spacial score (nSPS) is 17.3. The number of nitrogens with zero attached hydrogens (tertiary/aromatic N) is 2. The van der Waals surface area contributed by atoms with E-state index < -0.39 is 0 Å². The van der Waals surface area contributed by atoms with E-state index in [4.69, 9.17) is 4.98 Å². The zero-order chi connectivity index (χ0) is 15.2. The molecule has 2 nitrogen and oxygen atoms in total. The van der Waals surface area contributed by atoms with E-state index in [1.807, 2.05) is 11.3 Å². The van der Waals surface area contributed by atoms with Crippen LogP contribution in [-0.4, -0.2) is 23.0 Å². The maximum atomic E-state index is 4.95. The fraction of sp³-hybridized carbons (Fsp3) is 0.632. The van der Waals surface area contributed by atoms with Crippen LogP contribution >= 0.6 is 11.3 Å². The summed E-state index contributed by atoms with van der Waals surface area (Å²) < 4.78 is 1.34. The highest BCUT2D eigenvalue weighted by atomic mass is 32.1. The Morgan fingerprint density at radius 3 is 2.64 bits per heavy atom. The second-order valence-electron chi connectivity index (χ2n) is 6.48. The van der Waals surface area contributed by atoms with Gasteiger partial charge in [0.05, 0.1) is 16.3 Å². The highest BCUT2D eigenvalue weighted by molar-refractivity contribution is 7.18. The van der Waals surface area contributed by atoms with Crippen LogP contribution in [0.3, 0.4) is 0 Å².